The monoisotopic (exact) mass is 238 g/mol. The standard InChI is InChI=1S/C13H22N2O2/c1-3-17-13-5-4-11(10-12(13)14)6-7-15-8-9-16-2/h4-5,10,15H,3,6-9,14H2,1-2H3. The van der Waals surface area contributed by atoms with Gasteiger partial charge in [-0.2, -0.15) is 0 Å². The molecule has 0 aromatic heterocycles. The van der Waals surface area contributed by atoms with Gasteiger partial charge in [-0.05, 0) is 37.6 Å². The number of nitrogens with one attached hydrogen (secondary N) is 1. The Bertz CT molecular complexity index is 329. The summed E-state index contributed by atoms with van der Waals surface area (Å²) in [5.74, 6) is 0.767. The van der Waals surface area contributed by atoms with Crippen LogP contribution in [0.15, 0.2) is 18.2 Å². The highest BCUT2D eigenvalue weighted by Gasteiger charge is 2.01. The van der Waals surface area contributed by atoms with Gasteiger partial charge in [0.15, 0.2) is 0 Å². The first-order chi connectivity index (χ1) is 8.27. The van der Waals surface area contributed by atoms with Crippen molar-refractivity contribution in [2.45, 2.75) is 13.3 Å². The fraction of sp³-hybridized carbons (Fsp3) is 0.538. The van der Waals surface area contributed by atoms with Gasteiger partial charge in [-0.25, -0.2) is 0 Å². The van der Waals surface area contributed by atoms with Crippen LogP contribution in [-0.4, -0.2) is 33.4 Å². The highest BCUT2D eigenvalue weighted by atomic mass is 16.5. The largest absolute Gasteiger partial charge is 0.492 e. The Balaban J connectivity index is 2.36. The van der Waals surface area contributed by atoms with Crippen molar-refractivity contribution >= 4 is 5.69 Å². The molecule has 1 aromatic carbocycles. The molecule has 0 atom stereocenters. The van der Waals surface area contributed by atoms with Gasteiger partial charge in [0.2, 0.25) is 0 Å². The molecule has 1 aromatic rings. The average molecular weight is 238 g/mol. The van der Waals surface area contributed by atoms with Crippen molar-refractivity contribution in [2.24, 2.45) is 0 Å². The number of methoxy groups -OCH3 is 1. The van der Waals surface area contributed by atoms with Crippen LogP contribution >= 0.6 is 0 Å². The van der Waals surface area contributed by atoms with Crippen molar-refractivity contribution in [3.8, 4) is 5.75 Å². The molecule has 0 radical (unpaired) electrons. The number of hydrogen-bond acceptors (Lipinski definition) is 4. The summed E-state index contributed by atoms with van der Waals surface area (Å²) in [5.41, 5.74) is 7.82. The van der Waals surface area contributed by atoms with E-state index < -0.39 is 0 Å². The maximum Gasteiger partial charge on any atom is 0.142 e. The summed E-state index contributed by atoms with van der Waals surface area (Å²) in [7, 11) is 1.70. The molecule has 4 heteroatoms. The van der Waals surface area contributed by atoms with Gasteiger partial charge in [0, 0.05) is 13.7 Å². The molecule has 0 aliphatic carbocycles. The third-order valence-electron chi connectivity index (χ3n) is 2.45. The van der Waals surface area contributed by atoms with Crippen LogP contribution in [0.3, 0.4) is 0 Å². The third kappa shape index (κ3) is 5.06. The lowest BCUT2D eigenvalue weighted by molar-refractivity contribution is 0.199. The lowest BCUT2D eigenvalue weighted by Gasteiger charge is -2.09. The Labute approximate surface area is 103 Å². The van der Waals surface area contributed by atoms with Crippen LogP contribution in [-0.2, 0) is 11.2 Å². The van der Waals surface area contributed by atoms with E-state index in [0.29, 0.717) is 12.3 Å². The number of rotatable bonds is 8. The van der Waals surface area contributed by atoms with E-state index in [9.17, 15) is 0 Å². The number of anilines is 1. The SMILES string of the molecule is CCOc1ccc(CCNCCOC)cc1N. The van der Waals surface area contributed by atoms with Crippen molar-refractivity contribution in [3.05, 3.63) is 23.8 Å². The predicted molar refractivity (Wildman–Crippen MR) is 70.5 cm³/mol. The molecule has 0 saturated heterocycles. The molecule has 1 rings (SSSR count). The number of nitrogens with two attached hydrogens (primary N) is 1. The van der Waals surface area contributed by atoms with Gasteiger partial charge in [0.1, 0.15) is 5.75 Å². The summed E-state index contributed by atoms with van der Waals surface area (Å²) < 4.78 is 10.3. The van der Waals surface area contributed by atoms with Crippen molar-refractivity contribution in [2.75, 3.05) is 39.1 Å². The van der Waals surface area contributed by atoms with Crippen LogP contribution in [0.5, 0.6) is 5.75 Å². The molecule has 0 bridgehead atoms. The van der Waals surface area contributed by atoms with E-state index in [-0.39, 0.29) is 0 Å². The molecule has 0 aliphatic heterocycles. The molecule has 0 fully saturated rings. The maximum absolute atomic E-state index is 5.89. The molecular weight excluding hydrogens is 216 g/mol. The highest BCUT2D eigenvalue weighted by molar-refractivity contribution is 5.54. The molecule has 96 valence electrons. The lowest BCUT2D eigenvalue weighted by atomic mass is 10.1. The summed E-state index contributed by atoms with van der Waals surface area (Å²) in [6, 6.07) is 5.96. The molecule has 4 nitrogen and oxygen atoms in total. The first-order valence-electron chi connectivity index (χ1n) is 5.98. The summed E-state index contributed by atoms with van der Waals surface area (Å²) in [5, 5.41) is 3.30. The Morgan fingerprint density at radius 3 is 2.76 bits per heavy atom. The molecule has 3 N–H and O–H groups in total. The molecule has 0 amide bonds. The van der Waals surface area contributed by atoms with Gasteiger partial charge in [0.05, 0.1) is 18.9 Å². The first-order valence-corrected chi connectivity index (χ1v) is 5.98. The molecule has 17 heavy (non-hydrogen) atoms. The Kier molecular flexibility index (Phi) is 6.43. The van der Waals surface area contributed by atoms with Crippen LogP contribution in [0.2, 0.25) is 0 Å². The summed E-state index contributed by atoms with van der Waals surface area (Å²) >= 11 is 0. The minimum Gasteiger partial charge on any atom is -0.492 e. The van der Waals surface area contributed by atoms with Gasteiger partial charge in [-0.3, -0.25) is 0 Å². The van der Waals surface area contributed by atoms with E-state index in [1.807, 2.05) is 19.1 Å². The quantitative estimate of drug-likeness (QED) is 0.531. The smallest absolute Gasteiger partial charge is 0.142 e. The predicted octanol–water partition coefficient (Wildman–Crippen LogP) is 1.45. The zero-order valence-electron chi connectivity index (χ0n) is 10.7. The summed E-state index contributed by atoms with van der Waals surface area (Å²) in [6.07, 6.45) is 0.959. The van der Waals surface area contributed by atoms with Gasteiger partial charge in [-0.15, -0.1) is 0 Å². The van der Waals surface area contributed by atoms with Crippen LogP contribution < -0.4 is 15.8 Å². The minimum absolute atomic E-state index is 0.641. The molecule has 0 unspecified atom stereocenters. The molecule has 0 spiro atoms. The van der Waals surface area contributed by atoms with E-state index in [2.05, 4.69) is 11.4 Å². The number of ether oxygens (including phenoxy) is 2. The van der Waals surface area contributed by atoms with Crippen molar-refractivity contribution in [1.29, 1.82) is 0 Å². The molecule has 0 aliphatic rings. The van der Waals surface area contributed by atoms with Gasteiger partial charge < -0.3 is 20.5 Å². The fourth-order valence-electron chi connectivity index (χ4n) is 1.57. The lowest BCUT2D eigenvalue weighted by Crippen LogP contribution is -2.21. The van der Waals surface area contributed by atoms with Gasteiger partial charge in [0.25, 0.3) is 0 Å². The summed E-state index contributed by atoms with van der Waals surface area (Å²) in [6.45, 7) is 5.14. The molecule has 0 heterocycles. The van der Waals surface area contributed by atoms with Gasteiger partial charge in [-0.1, -0.05) is 6.07 Å². The van der Waals surface area contributed by atoms with Crippen LogP contribution in [0.25, 0.3) is 0 Å². The van der Waals surface area contributed by atoms with Gasteiger partial charge >= 0.3 is 0 Å². The fourth-order valence-corrected chi connectivity index (χ4v) is 1.57. The van der Waals surface area contributed by atoms with Crippen LogP contribution in [0, 0.1) is 0 Å². The summed E-state index contributed by atoms with van der Waals surface area (Å²) in [4.78, 5) is 0. The minimum atomic E-state index is 0.641. The second-order valence-electron chi connectivity index (χ2n) is 3.80. The van der Waals surface area contributed by atoms with E-state index in [0.717, 1.165) is 31.9 Å². The first kappa shape index (κ1) is 13.8. The topological polar surface area (TPSA) is 56.5 Å². The van der Waals surface area contributed by atoms with E-state index in [4.69, 9.17) is 15.2 Å². The Morgan fingerprint density at radius 2 is 2.12 bits per heavy atom. The van der Waals surface area contributed by atoms with Crippen molar-refractivity contribution < 1.29 is 9.47 Å². The zero-order valence-corrected chi connectivity index (χ0v) is 10.7. The van der Waals surface area contributed by atoms with Crippen LogP contribution in [0.1, 0.15) is 12.5 Å². The van der Waals surface area contributed by atoms with Crippen LogP contribution in [0.4, 0.5) is 5.69 Å². The number of hydrogen-bond donors (Lipinski definition) is 2. The van der Waals surface area contributed by atoms with E-state index in [1.54, 1.807) is 7.11 Å². The normalized spacial score (nSPS) is 10.5. The van der Waals surface area contributed by atoms with E-state index >= 15 is 0 Å². The van der Waals surface area contributed by atoms with Crippen molar-refractivity contribution in [3.63, 3.8) is 0 Å². The zero-order chi connectivity index (χ0) is 12.5. The molecule has 0 saturated carbocycles. The average Bonchev–Trinajstić information content (AvgIpc) is 2.32. The Hall–Kier alpha value is -1.26. The Morgan fingerprint density at radius 1 is 1.29 bits per heavy atom. The third-order valence-corrected chi connectivity index (χ3v) is 2.45. The van der Waals surface area contributed by atoms with Crippen molar-refractivity contribution in [1.82, 2.24) is 5.32 Å². The maximum atomic E-state index is 5.89. The van der Waals surface area contributed by atoms with E-state index in [1.165, 1.54) is 5.56 Å². The second kappa shape index (κ2) is 7.92. The molecular formula is C13H22N2O2. The second-order valence-corrected chi connectivity index (χ2v) is 3.80. The number of nitrogen functional groups attached to an aromatic ring is 1. The number of benzene rings is 1. The highest BCUT2D eigenvalue weighted by Crippen LogP contribution is 2.22.